The number of aromatic nitrogens is 1. The van der Waals surface area contributed by atoms with E-state index in [4.69, 9.17) is 17.2 Å². The first-order chi connectivity index (χ1) is 50.3. The van der Waals surface area contributed by atoms with E-state index in [2.05, 4.69) is 68.8 Å². The lowest BCUT2D eigenvalue weighted by molar-refractivity contribution is -0.143. The molecule has 0 saturated carbocycles. The van der Waals surface area contributed by atoms with Crippen LogP contribution >= 0.6 is 21.6 Å². The Morgan fingerprint density at radius 1 is 0.594 bits per heavy atom. The maximum absolute atomic E-state index is 15.2. The smallest absolute Gasteiger partial charge is 0.326 e. The van der Waals surface area contributed by atoms with E-state index < -0.39 is 211 Å². The topological polar surface area (TPSA) is 575 Å². The number of rotatable bonds is 34. The number of carbonyl (C=O) groups excluding carboxylic acids is 13. The SMILES string of the molecule is CC(C)C[C@H](NC(=O)[C@H](CC(N)=O)NC(=O)CNC(=O)[C@H](C)N)C(=O)N[C@@H](CO)C(=O)N[C@@H](CCC(=O)O)C(=O)N[C@H]1CSSC[C@@H](C(=O)N[C@H](C(=O)O)C(C)C)NC(=O)[C@H](Cc2ccc(O)cc2)NC(=O)[C@H](CCCCN)NC(=O)[C@H](Cc2c[nH]c3ccccc23)NC(=O)[C@H](Cc2ccccc2)NC1=O. The number of amides is 13. The van der Waals surface area contributed by atoms with Crippen LogP contribution in [0.5, 0.6) is 5.75 Å². The number of benzene rings is 3. The van der Waals surface area contributed by atoms with Crippen LogP contribution < -0.4 is 81.0 Å². The van der Waals surface area contributed by atoms with Gasteiger partial charge < -0.3 is 106 Å². The number of primary amides is 1. The minimum atomic E-state index is -1.97. The summed E-state index contributed by atoms with van der Waals surface area (Å²) >= 11 is 0. The third-order valence-corrected chi connectivity index (χ3v) is 19.0. The number of aliphatic hydroxyl groups excluding tert-OH is 1. The minimum absolute atomic E-state index is 0.0612. The van der Waals surface area contributed by atoms with E-state index >= 15 is 14.4 Å². The zero-order valence-corrected chi connectivity index (χ0v) is 60.9. The van der Waals surface area contributed by atoms with Crippen molar-refractivity contribution in [3.05, 3.63) is 102 Å². The fraction of sp³-hybridized carbons (Fsp3) is 0.493. The van der Waals surface area contributed by atoms with Crippen LogP contribution in [0.4, 0.5) is 0 Å². The summed E-state index contributed by atoms with van der Waals surface area (Å²) in [4.78, 5) is 211. The third-order valence-electron chi connectivity index (χ3n) is 16.6. The number of carbonyl (C=O) groups is 15. The average Bonchev–Trinajstić information content (AvgIpc) is 1.60. The van der Waals surface area contributed by atoms with Gasteiger partial charge >= 0.3 is 11.9 Å². The summed E-state index contributed by atoms with van der Waals surface area (Å²) in [6, 6.07) is 1.68. The quantitative estimate of drug-likeness (QED) is 0.0161. The zero-order valence-electron chi connectivity index (χ0n) is 59.2. The highest BCUT2D eigenvalue weighted by atomic mass is 33.1. The molecule has 12 atom stereocenters. The lowest BCUT2D eigenvalue weighted by Gasteiger charge is -2.29. The van der Waals surface area contributed by atoms with Gasteiger partial charge in [0, 0.05) is 54.3 Å². The maximum Gasteiger partial charge on any atom is 0.326 e. The van der Waals surface area contributed by atoms with Crippen molar-refractivity contribution in [2.75, 3.05) is 31.2 Å². The van der Waals surface area contributed by atoms with Crippen LogP contribution in [0.25, 0.3) is 10.9 Å². The van der Waals surface area contributed by atoms with Crippen LogP contribution in [0.15, 0.2) is 85.1 Å². The summed E-state index contributed by atoms with van der Waals surface area (Å²) in [5.41, 5.74) is 18.9. The Balaban J connectivity index is 1.59. The molecule has 37 heteroatoms. The summed E-state index contributed by atoms with van der Waals surface area (Å²) in [5, 5.41) is 71.5. The standard InChI is InChI=1S/C69H96N16O19S2/c1-35(2)25-46(78-65(99)50(29-54(72)88)75-55(89)31-74-58(92)37(5)71)61(95)82-51(32-86)66(100)77-45(22-23-56(90)91)60(94)83-52-33-105-106-34-53(68(102)85-57(36(3)4)69(103)104)84-63(97)48(27-39-18-20-41(87)21-19-39)79-59(93)44(17-11-12-24-70)76-64(98)49(28-40-30-73-43-16-10-9-15-42(40)43)81-62(96)47(80-67(52)101)26-38-13-7-6-8-14-38/h6-10,13-16,18-21,30,35-37,44-53,57,73,86-87H,11-12,17,22-29,31-34,70-71H2,1-5H3,(H2,72,88)(H,74,92)(H,75,89)(H,76,98)(H,77,100)(H,78,99)(H,79,93)(H,80,101)(H,81,96)(H,82,95)(H,83,94)(H,84,97)(H,85,102)(H,90,91)(H,103,104)/t37-,44-,45-,46-,47-,48-,49-,50-,51-,52-,53-,57-/m0/s1. The Kier molecular flexibility index (Phi) is 35.1. The number of phenols is 1. The van der Waals surface area contributed by atoms with Gasteiger partial charge in [-0.1, -0.05) is 110 Å². The van der Waals surface area contributed by atoms with Gasteiger partial charge in [-0.2, -0.15) is 0 Å². The lowest BCUT2D eigenvalue weighted by Crippen LogP contribution is -2.62. The number of hydrogen-bond donors (Lipinski definition) is 20. The Morgan fingerprint density at radius 2 is 1.14 bits per heavy atom. The summed E-state index contributed by atoms with van der Waals surface area (Å²) in [6.45, 7) is 6.00. The number of unbranched alkanes of at least 4 members (excludes halogenated alkanes) is 1. The molecule has 1 aromatic heterocycles. The summed E-state index contributed by atoms with van der Waals surface area (Å²) < 4.78 is 0. The molecular formula is C69H96N16O19S2. The molecule has 1 fully saturated rings. The molecule has 23 N–H and O–H groups in total. The molecule has 5 rings (SSSR count). The monoisotopic (exact) mass is 1520 g/mol. The molecule has 1 aliphatic heterocycles. The first kappa shape index (κ1) is 86.3. The van der Waals surface area contributed by atoms with E-state index in [1.807, 2.05) is 0 Å². The molecule has 3 aromatic carbocycles. The van der Waals surface area contributed by atoms with Crippen molar-refractivity contribution in [2.45, 2.75) is 171 Å². The van der Waals surface area contributed by atoms with Crippen molar-refractivity contribution in [1.82, 2.24) is 68.8 Å². The summed E-state index contributed by atoms with van der Waals surface area (Å²) in [7, 11) is 1.61. The van der Waals surface area contributed by atoms with E-state index in [-0.39, 0.29) is 56.7 Å². The van der Waals surface area contributed by atoms with E-state index in [0.29, 0.717) is 34.0 Å². The highest BCUT2D eigenvalue weighted by molar-refractivity contribution is 8.76. The molecule has 0 bridgehead atoms. The van der Waals surface area contributed by atoms with Crippen LogP contribution in [0.2, 0.25) is 0 Å². The second-order valence-electron chi connectivity index (χ2n) is 26.1. The van der Waals surface area contributed by atoms with Gasteiger partial charge in [0.15, 0.2) is 0 Å². The van der Waals surface area contributed by atoms with Gasteiger partial charge in [0.05, 0.1) is 25.6 Å². The van der Waals surface area contributed by atoms with Gasteiger partial charge in [-0.15, -0.1) is 0 Å². The van der Waals surface area contributed by atoms with Crippen molar-refractivity contribution in [3.63, 3.8) is 0 Å². The van der Waals surface area contributed by atoms with Gasteiger partial charge in [0.1, 0.15) is 72.2 Å². The molecule has 1 aliphatic rings. The first-order valence-electron chi connectivity index (χ1n) is 34.3. The predicted octanol–water partition coefficient (Wildman–Crippen LogP) is -3.26. The lowest BCUT2D eigenvalue weighted by atomic mass is 10.0. The number of aromatic amines is 1. The normalized spacial score (nSPS) is 19.5. The number of fused-ring (bicyclic) bond motifs is 1. The van der Waals surface area contributed by atoms with Gasteiger partial charge in [-0.3, -0.25) is 67.1 Å². The van der Waals surface area contributed by atoms with E-state index in [0.717, 1.165) is 21.6 Å². The first-order valence-corrected chi connectivity index (χ1v) is 36.8. The van der Waals surface area contributed by atoms with Crippen LogP contribution in [-0.2, 0) is 91.2 Å². The van der Waals surface area contributed by atoms with Gasteiger partial charge in [-0.05, 0) is 92.3 Å². The van der Waals surface area contributed by atoms with Crippen molar-refractivity contribution >= 4 is 121 Å². The fourth-order valence-corrected chi connectivity index (χ4v) is 13.2. The number of aliphatic carboxylic acids is 2. The molecule has 106 heavy (non-hydrogen) atoms. The van der Waals surface area contributed by atoms with Crippen LogP contribution in [0.3, 0.4) is 0 Å². The van der Waals surface area contributed by atoms with Crippen LogP contribution in [0.1, 0.15) is 96.3 Å². The molecule has 0 aliphatic carbocycles. The molecular weight excluding hydrogens is 1420 g/mol. The molecule has 578 valence electrons. The number of nitrogens with one attached hydrogen (secondary N) is 13. The fourth-order valence-electron chi connectivity index (χ4n) is 10.9. The highest BCUT2D eigenvalue weighted by Crippen LogP contribution is 2.25. The third kappa shape index (κ3) is 28.6. The molecule has 1 saturated heterocycles. The second-order valence-corrected chi connectivity index (χ2v) is 28.7. The molecule has 0 unspecified atom stereocenters. The number of carboxylic acids is 2. The Morgan fingerprint density at radius 3 is 1.74 bits per heavy atom. The molecule has 4 aromatic rings. The number of phenolic OH excluding ortho intramolecular Hbond substituents is 1. The van der Waals surface area contributed by atoms with Gasteiger partial charge in [-0.25, -0.2) is 4.79 Å². The number of aliphatic hydroxyl groups is 1. The number of nitrogens with two attached hydrogens (primary N) is 3. The van der Waals surface area contributed by atoms with Crippen LogP contribution in [0, 0.1) is 11.8 Å². The Hall–Kier alpha value is -10.4. The zero-order chi connectivity index (χ0) is 78.3. The van der Waals surface area contributed by atoms with Gasteiger partial charge in [0.2, 0.25) is 76.8 Å². The Labute approximate surface area is 618 Å². The van der Waals surface area contributed by atoms with E-state index in [1.54, 1.807) is 74.6 Å². The number of aromatic hydroxyl groups is 1. The molecule has 0 radical (unpaired) electrons. The molecule has 13 amide bonds. The number of para-hydroxylation sites is 1. The molecule has 35 nitrogen and oxygen atoms in total. The minimum Gasteiger partial charge on any atom is -0.508 e. The average molecular weight is 1520 g/mol. The maximum atomic E-state index is 15.2. The predicted molar refractivity (Wildman–Crippen MR) is 389 cm³/mol. The number of H-pyrrole nitrogens is 1. The van der Waals surface area contributed by atoms with Crippen molar-refractivity contribution in [1.29, 1.82) is 0 Å². The summed E-state index contributed by atoms with van der Waals surface area (Å²) in [6.07, 6.45) is -1.08. The van der Waals surface area contributed by atoms with Crippen LogP contribution in [-0.4, -0.2) is 218 Å². The summed E-state index contributed by atoms with van der Waals surface area (Å²) in [5.74, 6) is -18.4. The van der Waals surface area contributed by atoms with Crippen molar-refractivity contribution in [2.24, 2.45) is 29.0 Å². The second kappa shape index (κ2) is 43.2. The van der Waals surface area contributed by atoms with E-state index in [9.17, 15) is 78.0 Å². The highest BCUT2D eigenvalue weighted by Gasteiger charge is 2.39. The molecule has 2 heterocycles. The van der Waals surface area contributed by atoms with Crippen molar-refractivity contribution in [3.8, 4) is 5.75 Å². The van der Waals surface area contributed by atoms with Crippen molar-refractivity contribution < 1.29 is 92.3 Å². The largest absolute Gasteiger partial charge is 0.508 e. The number of hydrogen-bond acceptors (Lipinski definition) is 21. The number of carboxylic acid groups (broad SMARTS) is 2. The van der Waals surface area contributed by atoms with Gasteiger partial charge in [0.25, 0.3) is 0 Å². The molecule has 0 spiro atoms. The van der Waals surface area contributed by atoms with E-state index in [1.165, 1.54) is 45.0 Å². The Bertz CT molecular complexity index is 3730.